The van der Waals surface area contributed by atoms with Gasteiger partial charge < -0.3 is 29.9 Å². The van der Waals surface area contributed by atoms with E-state index in [2.05, 4.69) is 10.6 Å². The molecule has 166 valence electrons. The molecule has 3 heterocycles. The van der Waals surface area contributed by atoms with Gasteiger partial charge in [0.05, 0.1) is 17.8 Å². The van der Waals surface area contributed by atoms with Crippen LogP contribution >= 0.6 is 0 Å². The summed E-state index contributed by atoms with van der Waals surface area (Å²) in [6, 6.07) is 10.1. The van der Waals surface area contributed by atoms with Gasteiger partial charge in [-0.05, 0) is 41.8 Å². The summed E-state index contributed by atoms with van der Waals surface area (Å²) in [6.07, 6.45) is 0.828. The van der Waals surface area contributed by atoms with Gasteiger partial charge in [-0.1, -0.05) is 19.1 Å². The van der Waals surface area contributed by atoms with Crippen LogP contribution in [0.3, 0.4) is 0 Å². The summed E-state index contributed by atoms with van der Waals surface area (Å²) < 4.78 is 10.8. The van der Waals surface area contributed by atoms with Gasteiger partial charge in [0.25, 0.3) is 5.91 Å². The molecule has 0 aromatic heterocycles. The number of nitrogens with one attached hydrogen (secondary N) is 2. The largest absolute Gasteiger partial charge is 0.454 e. The molecule has 0 aliphatic carbocycles. The summed E-state index contributed by atoms with van der Waals surface area (Å²) in [7, 11) is 0. The number of urea groups is 1. The minimum absolute atomic E-state index is 0.163. The summed E-state index contributed by atoms with van der Waals surface area (Å²) in [5.41, 5.74) is 2.62. The molecule has 5 rings (SSSR count). The number of benzene rings is 2. The van der Waals surface area contributed by atoms with E-state index < -0.39 is 6.04 Å². The lowest BCUT2D eigenvalue weighted by Crippen LogP contribution is -2.60. The van der Waals surface area contributed by atoms with Crippen molar-refractivity contribution in [1.29, 1.82) is 0 Å². The highest BCUT2D eigenvalue weighted by Gasteiger charge is 2.40. The van der Waals surface area contributed by atoms with E-state index in [1.165, 1.54) is 0 Å². The number of carbonyl (C=O) groups is 3. The van der Waals surface area contributed by atoms with Crippen LogP contribution in [0.4, 0.5) is 10.5 Å². The van der Waals surface area contributed by atoms with E-state index in [4.69, 9.17) is 9.47 Å². The van der Waals surface area contributed by atoms with Gasteiger partial charge in [-0.15, -0.1) is 0 Å². The molecule has 2 aromatic rings. The van der Waals surface area contributed by atoms with E-state index >= 15 is 0 Å². The molecule has 2 aromatic carbocycles. The highest BCUT2D eigenvalue weighted by molar-refractivity contribution is 6.10. The fourth-order valence-corrected chi connectivity index (χ4v) is 4.24. The van der Waals surface area contributed by atoms with Crippen molar-refractivity contribution in [3.05, 3.63) is 42.0 Å². The molecule has 9 heteroatoms. The number of fused-ring (bicyclic) bond motifs is 3. The molecule has 0 saturated carbocycles. The van der Waals surface area contributed by atoms with Gasteiger partial charge >= 0.3 is 6.03 Å². The fourth-order valence-electron chi connectivity index (χ4n) is 4.24. The molecule has 4 amide bonds. The molecule has 3 aliphatic rings. The first-order valence-electron chi connectivity index (χ1n) is 10.7. The van der Waals surface area contributed by atoms with Crippen molar-refractivity contribution in [2.45, 2.75) is 19.4 Å². The quantitative estimate of drug-likeness (QED) is 0.769. The standard InChI is InChI=1S/C23H24N4O5/c1-2-7-24-23(30)26-8-9-27-18(12-26)21(28)25-17-5-3-14(10-16(17)22(27)29)15-4-6-19-20(11-15)32-13-31-19/h3-6,10-11,18H,2,7-9,12-13H2,1H3,(H,24,30)(H,25,28)/t18-/m0/s1. The van der Waals surface area contributed by atoms with E-state index in [1.807, 2.05) is 31.2 Å². The van der Waals surface area contributed by atoms with Crippen LogP contribution < -0.4 is 20.1 Å². The molecule has 3 aliphatic heterocycles. The Morgan fingerprint density at radius 1 is 1.09 bits per heavy atom. The first-order valence-corrected chi connectivity index (χ1v) is 10.7. The van der Waals surface area contributed by atoms with Crippen molar-refractivity contribution < 1.29 is 23.9 Å². The molecule has 1 atom stereocenters. The number of hydrogen-bond acceptors (Lipinski definition) is 5. The second-order valence-electron chi connectivity index (χ2n) is 8.01. The zero-order valence-corrected chi connectivity index (χ0v) is 17.7. The summed E-state index contributed by atoms with van der Waals surface area (Å²) in [5, 5.41) is 5.70. The Labute approximate surface area is 185 Å². The fraction of sp³-hybridized carbons (Fsp3) is 0.348. The molecule has 0 radical (unpaired) electrons. The molecule has 0 bridgehead atoms. The minimum Gasteiger partial charge on any atom is -0.454 e. The van der Waals surface area contributed by atoms with Gasteiger partial charge in [-0.2, -0.15) is 0 Å². The van der Waals surface area contributed by atoms with Crippen LogP contribution in [0.2, 0.25) is 0 Å². The van der Waals surface area contributed by atoms with Crippen LogP contribution in [0.5, 0.6) is 11.5 Å². The van der Waals surface area contributed by atoms with Crippen LogP contribution in [-0.2, 0) is 4.79 Å². The maximum Gasteiger partial charge on any atom is 0.317 e. The molecule has 0 unspecified atom stereocenters. The van der Waals surface area contributed by atoms with Gasteiger partial charge in [0.15, 0.2) is 11.5 Å². The number of ether oxygens (including phenoxy) is 2. The predicted octanol–water partition coefficient (Wildman–Crippen LogP) is 2.28. The lowest BCUT2D eigenvalue weighted by atomic mass is 10.0. The Bertz CT molecular complexity index is 1100. The Kier molecular flexibility index (Phi) is 5.08. The topological polar surface area (TPSA) is 100 Å². The van der Waals surface area contributed by atoms with Crippen molar-refractivity contribution in [2.75, 3.05) is 38.3 Å². The SMILES string of the molecule is CCCNC(=O)N1CCN2C(=O)c3cc(-c4ccc5c(c4)OCO5)ccc3NC(=O)[C@@H]2C1. The van der Waals surface area contributed by atoms with E-state index in [-0.39, 0.29) is 31.2 Å². The number of anilines is 1. The molecule has 1 fully saturated rings. The number of amides is 4. The zero-order chi connectivity index (χ0) is 22.2. The maximum absolute atomic E-state index is 13.4. The van der Waals surface area contributed by atoms with Crippen LogP contribution in [-0.4, -0.2) is 66.7 Å². The summed E-state index contributed by atoms with van der Waals surface area (Å²) in [5.74, 6) is 0.839. The van der Waals surface area contributed by atoms with Crippen molar-refractivity contribution in [2.24, 2.45) is 0 Å². The first kappa shape index (κ1) is 20.2. The molecule has 2 N–H and O–H groups in total. The smallest absolute Gasteiger partial charge is 0.317 e. The van der Waals surface area contributed by atoms with E-state index in [0.717, 1.165) is 17.5 Å². The van der Waals surface area contributed by atoms with E-state index in [1.54, 1.807) is 21.9 Å². The van der Waals surface area contributed by atoms with Crippen LogP contribution in [0.1, 0.15) is 23.7 Å². The average Bonchev–Trinajstić information content (AvgIpc) is 3.26. The van der Waals surface area contributed by atoms with E-state index in [9.17, 15) is 14.4 Å². The second-order valence-corrected chi connectivity index (χ2v) is 8.01. The van der Waals surface area contributed by atoms with Crippen LogP contribution in [0, 0.1) is 0 Å². The van der Waals surface area contributed by atoms with Gasteiger partial charge in [0.1, 0.15) is 6.04 Å². The molecule has 0 spiro atoms. The number of carbonyl (C=O) groups excluding carboxylic acids is 3. The normalized spacial score (nSPS) is 19.1. The highest BCUT2D eigenvalue weighted by atomic mass is 16.7. The Morgan fingerprint density at radius 2 is 1.88 bits per heavy atom. The number of hydrogen-bond donors (Lipinski definition) is 2. The minimum atomic E-state index is -0.731. The number of rotatable bonds is 3. The molecule has 9 nitrogen and oxygen atoms in total. The Balaban J connectivity index is 1.42. The molecule has 1 saturated heterocycles. The summed E-state index contributed by atoms with van der Waals surface area (Å²) in [6.45, 7) is 3.58. The Hall–Kier alpha value is -3.75. The van der Waals surface area contributed by atoms with Crippen LogP contribution in [0.25, 0.3) is 11.1 Å². The van der Waals surface area contributed by atoms with Crippen LogP contribution in [0.15, 0.2) is 36.4 Å². The zero-order valence-electron chi connectivity index (χ0n) is 17.7. The lowest BCUT2D eigenvalue weighted by Gasteiger charge is -2.39. The third-order valence-electron chi connectivity index (χ3n) is 5.97. The highest BCUT2D eigenvalue weighted by Crippen LogP contribution is 2.37. The molecular weight excluding hydrogens is 412 g/mol. The number of piperazine rings is 1. The van der Waals surface area contributed by atoms with Gasteiger partial charge in [0, 0.05) is 19.6 Å². The summed E-state index contributed by atoms with van der Waals surface area (Å²) >= 11 is 0. The monoisotopic (exact) mass is 436 g/mol. The molecular formula is C23H24N4O5. The Morgan fingerprint density at radius 3 is 2.72 bits per heavy atom. The van der Waals surface area contributed by atoms with Gasteiger partial charge in [-0.25, -0.2) is 4.79 Å². The molecule has 32 heavy (non-hydrogen) atoms. The van der Waals surface area contributed by atoms with Gasteiger partial charge in [0.2, 0.25) is 12.7 Å². The van der Waals surface area contributed by atoms with Crippen molar-refractivity contribution in [3.63, 3.8) is 0 Å². The van der Waals surface area contributed by atoms with E-state index in [0.29, 0.717) is 42.4 Å². The third-order valence-corrected chi connectivity index (χ3v) is 5.97. The lowest BCUT2D eigenvalue weighted by molar-refractivity contribution is -0.121. The first-order chi connectivity index (χ1) is 15.5. The van der Waals surface area contributed by atoms with Gasteiger partial charge in [-0.3, -0.25) is 9.59 Å². The van der Waals surface area contributed by atoms with Crippen molar-refractivity contribution >= 4 is 23.5 Å². The predicted molar refractivity (Wildman–Crippen MR) is 117 cm³/mol. The second kappa shape index (κ2) is 8.07. The maximum atomic E-state index is 13.4. The summed E-state index contributed by atoms with van der Waals surface area (Å²) in [4.78, 5) is 41.9. The number of nitrogens with zero attached hydrogens (tertiary/aromatic N) is 2. The third kappa shape index (κ3) is 3.49. The van der Waals surface area contributed by atoms with Crippen molar-refractivity contribution in [1.82, 2.24) is 15.1 Å². The van der Waals surface area contributed by atoms with Crippen molar-refractivity contribution in [3.8, 4) is 22.6 Å². The average molecular weight is 436 g/mol.